The second kappa shape index (κ2) is 4.22. The van der Waals surface area contributed by atoms with Crippen molar-refractivity contribution >= 4 is 11.8 Å². The highest BCUT2D eigenvalue weighted by atomic mass is 32.2. The van der Waals surface area contributed by atoms with Crippen molar-refractivity contribution in [3.05, 3.63) is 24.0 Å². The number of methoxy groups -OCH3 is 1. The van der Waals surface area contributed by atoms with Crippen LogP contribution >= 0.6 is 11.8 Å². The zero-order valence-electron chi connectivity index (χ0n) is 8.93. The van der Waals surface area contributed by atoms with Gasteiger partial charge in [-0.25, -0.2) is 4.39 Å². The molecule has 0 aromatic heterocycles. The summed E-state index contributed by atoms with van der Waals surface area (Å²) in [6, 6.07) is 5.04. The largest absolute Gasteiger partial charge is 0.494 e. The van der Waals surface area contributed by atoms with Gasteiger partial charge in [0, 0.05) is 9.64 Å². The lowest BCUT2D eigenvalue weighted by molar-refractivity contribution is 0.385. The van der Waals surface area contributed by atoms with Gasteiger partial charge in [0.05, 0.1) is 7.11 Å². The molecular weight excluding hydrogens is 199 g/mol. The molecule has 0 aliphatic heterocycles. The van der Waals surface area contributed by atoms with Crippen molar-refractivity contribution in [3.63, 3.8) is 0 Å². The zero-order valence-corrected chi connectivity index (χ0v) is 9.74. The molecule has 0 bridgehead atoms. The molecule has 1 rings (SSSR count). The van der Waals surface area contributed by atoms with E-state index in [0.29, 0.717) is 5.75 Å². The molecule has 0 heterocycles. The maximum atomic E-state index is 13.3. The Balaban J connectivity index is 2.87. The van der Waals surface area contributed by atoms with E-state index in [0.717, 1.165) is 4.90 Å². The van der Waals surface area contributed by atoms with Gasteiger partial charge in [-0.3, -0.25) is 0 Å². The number of ether oxygens (including phenoxy) is 1. The summed E-state index contributed by atoms with van der Waals surface area (Å²) < 4.78 is 18.2. The Labute approximate surface area is 88.7 Å². The van der Waals surface area contributed by atoms with Crippen molar-refractivity contribution < 1.29 is 9.13 Å². The van der Waals surface area contributed by atoms with E-state index in [9.17, 15) is 4.39 Å². The van der Waals surface area contributed by atoms with Crippen molar-refractivity contribution in [1.82, 2.24) is 0 Å². The van der Waals surface area contributed by atoms with Gasteiger partial charge < -0.3 is 4.74 Å². The van der Waals surface area contributed by atoms with E-state index in [4.69, 9.17) is 4.74 Å². The maximum absolute atomic E-state index is 13.3. The SMILES string of the molecule is COc1ccc(SC(C)(C)C)cc1F. The Morgan fingerprint density at radius 3 is 2.36 bits per heavy atom. The fourth-order valence-corrected chi connectivity index (χ4v) is 2.07. The predicted molar refractivity (Wildman–Crippen MR) is 58.6 cm³/mol. The first-order valence-corrected chi connectivity index (χ1v) is 5.26. The molecule has 0 amide bonds. The number of hydrogen-bond donors (Lipinski definition) is 0. The predicted octanol–water partition coefficient (Wildman–Crippen LogP) is 3.72. The normalized spacial score (nSPS) is 11.5. The average Bonchev–Trinajstić information content (AvgIpc) is 2.01. The van der Waals surface area contributed by atoms with E-state index in [2.05, 4.69) is 20.8 Å². The first kappa shape index (κ1) is 11.4. The summed E-state index contributed by atoms with van der Waals surface area (Å²) in [6.45, 7) is 6.29. The molecule has 0 aliphatic rings. The van der Waals surface area contributed by atoms with Gasteiger partial charge in [0.2, 0.25) is 0 Å². The van der Waals surface area contributed by atoms with Crippen molar-refractivity contribution in [2.45, 2.75) is 30.4 Å². The first-order valence-electron chi connectivity index (χ1n) is 4.45. The first-order chi connectivity index (χ1) is 6.42. The third kappa shape index (κ3) is 3.22. The minimum atomic E-state index is -0.304. The fraction of sp³-hybridized carbons (Fsp3) is 0.455. The lowest BCUT2D eigenvalue weighted by Gasteiger charge is -2.17. The number of rotatable bonds is 2. The lowest BCUT2D eigenvalue weighted by Crippen LogP contribution is -2.06. The summed E-state index contributed by atoms with van der Waals surface area (Å²) >= 11 is 1.64. The summed E-state index contributed by atoms with van der Waals surface area (Å²) in [5, 5.41) is 0. The van der Waals surface area contributed by atoms with Crippen LogP contribution in [0.25, 0.3) is 0 Å². The molecule has 0 radical (unpaired) electrons. The van der Waals surface area contributed by atoms with Crippen LogP contribution in [0.2, 0.25) is 0 Å². The van der Waals surface area contributed by atoms with E-state index >= 15 is 0 Å². The van der Waals surface area contributed by atoms with Gasteiger partial charge in [-0.2, -0.15) is 0 Å². The molecule has 3 heteroatoms. The Morgan fingerprint density at radius 2 is 1.93 bits per heavy atom. The van der Waals surface area contributed by atoms with Crippen LogP contribution in [-0.2, 0) is 0 Å². The zero-order chi connectivity index (χ0) is 10.8. The number of halogens is 1. The molecule has 14 heavy (non-hydrogen) atoms. The van der Waals surface area contributed by atoms with Gasteiger partial charge in [-0.1, -0.05) is 20.8 Å². The molecular formula is C11H15FOS. The monoisotopic (exact) mass is 214 g/mol. The van der Waals surface area contributed by atoms with E-state index in [1.807, 2.05) is 6.07 Å². The van der Waals surface area contributed by atoms with Crippen molar-refractivity contribution in [2.75, 3.05) is 7.11 Å². The molecule has 78 valence electrons. The maximum Gasteiger partial charge on any atom is 0.166 e. The van der Waals surface area contributed by atoms with Crippen LogP contribution < -0.4 is 4.74 Å². The number of benzene rings is 1. The van der Waals surface area contributed by atoms with Crippen LogP contribution in [-0.4, -0.2) is 11.9 Å². The molecule has 0 unspecified atom stereocenters. The van der Waals surface area contributed by atoms with Crippen molar-refractivity contribution in [3.8, 4) is 5.75 Å². The molecule has 0 atom stereocenters. The van der Waals surface area contributed by atoms with Crippen molar-refractivity contribution in [2.24, 2.45) is 0 Å². The molecule has 0 fully saturated rings. The minimum absolute atomic E-state index is 0.0982. The fourth-order valence-electron chi connectivity index (χ4n) is 1.06. The molecule has 1 aromatic rings. The summed E-state index contributed by atoms with van der Waals surface area (Å²) in [5.74, 6) is -0.00925. The Kier molecular flexibility index (Phi) is 3.43. The third-order valence-corrected chi connectivity index (χ3v) is 2.65. The van der Waals surface area contributed by atoms with Gasteiger partial charge in [0.15, 0.2) is 11.6 Å². The summed E-state index contributed by atoms with van der Waals surface area (Å²) in [4.78, 5) is 0.927. The van der Waals surface area contributed by atoms with Crippen LogP contribution in [0.15, 0.2) is 23.1 Å². The molecule has 0 spiro atoms. The van der Waals surface area contributed by atoms with Crippen LogP contribution in [0.3, 0.4) is 0 Å². The Hall–Kier alpha value is -0.700. The van der Waals surface area contributed by atoms with E-state index in [-0.39, 0.29) is 10.6 Å². The van der Waals surface area contributed by atoms with Crippen LogP contribution in [0.4, 0.5) is 4.39 Å². The molecule has 0 saturated heterocycles. The summed E-state index contributed by atoms with van der Waals surface area (Å²) in [6.07, 6.45) is 0. The quantitative estimate of drug-likeness (QED) is 0.694. The molecule has 0 aliphatic carbocycles. The summed E-state index contributed by atoms with van der Waals surface area (Å²) in [7, 11) is 1.47. The standard InChI is InChI=1S/C11H15FOS/c1-11(2,3)14-8-5-6-10(13-4)9(12)7-8/h5-7H,1-4H3. The second-order valence-electron chi connectivity index (χ2n) is 4.01. The van der Waals surface area contributed by atoms with Crippen molar-refractivity contribution in [1.29, 1.82) is 0 Å². The molecule has 1 aromatic carbocycles. The molecule has 0 saturated carbocycles. The second-order valence-corrected chi connectivity index (χ2v) is 5.91. The third-order valence-electron chi connectivity index (χ3n) is 1.55. The van der Waals surface area contributed by atoms with E-state index in [1.165, 1.54) is 13.2 Å². The highest BCUT2D eigenvalue weighted by Gasteiger charge is 2.13. The van der Waals surface area contributed by atoms with Gasteiger partial charge in [0.1, 0.15) is 0 Å². The highest BCUT2D eigenvalue weighted by Crippen LogP contribution is 2.33. The minimum Gasteiger partial charge on any atom is -0.494 e. The van der Waals surface area contributed by atoms with E-state index < -0.39 is 0 Å². The molecule has 0 N–H and O–H groups in total. The molecule has 1 nitrogen and oxygen atoms in total. The van der Waals surface area contributed by atoms with Gasteiger partial charge in [0.25, 0.3) is 0 Å². The summed E-state index contributed by atoms with van der Waals surface area (Å²) in [5.41, 5.74) is 0. The van der Waals surface area contributed by atoms with Gasteiger partial charge in [-0.15, -0.1) is 11.8 Å². The number of thioether (sulfide) groups is 1. The highest BCUT2D eigenvalue weighted by molar-refractivity contribution is 8.00. The van der Waals surface area contributed by atoms with Crippen LogP contribution in [0.5, 0.6) is 5.75 Å². The number of hydrogen-bond acceptors (Lipinski definition) is 2. The van der Waals surface area contributed by atoms with Gasteiger partial charge >= 0.3 is 0 Å². The van der Waals surface area contributed by atoms with Crippen LogP contribution in [0.1, 0.15) is 20.8 Å². The Bertz CT molecular complexity index is 318. The van der Waals surface area contributed by atoms with E-state index in [1.54, 1.807) is 17.8 Å². The average molecular weight is 214 g/mol. The topological polar surface area (TPSA) is 9.23 Å². The van der Waals surface area contributed by atoms with Crippen LogP contribution in [0, 0.1) is 5.82 Å². The smallest absolute Gasteiger partial charge is 0.166 e. The lowest BCUT2D eigenvalue weighted by atomic mass is 10.3. The Morgan fingerprint density at radius 1 is 1.29 bits per heavy atom. The van der Waals surface area contributed by atoms with Gasteiger partial charge in [-0.05, 0) is 18.2 Å².